The van der Waals surface area contributed by atoms with Crippen molar-refractivity contribution in [3.8, 4) is 5.75 Å². The van der Waals surface area contributed by atoms with Gasteiger partial charge in [-0.25, -0.2) is 4.79 Å². The fraction of sp³-hybridized carbons (Fsp3) is 0.261. The molecule has 0 aliphatic rings. The highest BCUT2D eigenvalue weighted by molar-refractivity contribution is 6.26. The summed E-state index contributed by atoms with van der Waals surface area (Å²) < 4.78 is 13.3. The normalized spacial score (nSPS) is 11.4. The maximum absolute atomic E-state index is 12.9. The van der Waals surface area contributed by atoms with Crippen molar-refractivity contribution in [3.63, 3.8) is 0 Å². The number of methoxy groups -OCH3 is 1. The summed E-state index contributed by atoms with van der Waals surface area (Å²) in [6, 6.07) is 16.1. The van der Waals surface area contributed by atoms with E-state index in [1.54, 1.807) is 7.11 Å². The van der Waals surface area contributed by atoms with Crippen LogP contribution in [0.4, 0.5) is 0 Å². The average molecular weight is 361 g/mol. The van der Waals surface area contributed by atoms with Gasteiger partial charge in [-0.05, 0) is 30.0 Å². The minimum atomic E-state index is -0.274. The molecule has 4 rings (SSSR count). The van der Waals surface area contributed by atoms with Crippen molar-refractivity contribution in [2.24, 2.45) is 7.05 Å². The van der Waals surface area contributed by atoms with Crippen molar-refractivity contribution < 1.29 is 14.3 Å². The van der Waals surface area contributed by atoms with E-state index < -0.39 is 0 Å². The minimum Gasteiger partial charge on any atom is -0.496 e. The number of carbonyl (C=O) groups is 1. The minimum absolute atomic E-state index is 0.274. The van der Waals surface area contributed by atoms with E-state index in [1.807, 2.05) is 43.4 Å². The average Bonchev–Trinajstić information content (AvgIpc) is 3.00. The van der Waals surface area contributed by atoms with Crippen LogP contribution in [-0.4, -0.2) is 24.3 Å². The van der Waals surface area contributed by atoms with Crippen LogP contribution < -0.4 is 4.74 Å². The highest BCUT2D eigenvalue weighted by Gasteiger charge is 2.21. The molecule has 3 aromatic carbocycles. The first kappa shape index (κ1) is 17.4. The van der Waals surface area contributed by atoms with Gasteiger partial charge in [-0.3, -0.25) is 0 Å². The zero-order chi connectivity index (χ0) is 19.0. The first-order chi connectivity index (χ1) is 13.2. The van der Waals surface area contributed by atoms with Gasteiger partial charge in [0.05, 0.1) is 24.8 Å². The molecule has 0 saturated carbocycles. The number of carbonyl (C=O) groups excluding carboxylic acids is 1. The summed E-state index contributed by atoms with van der Waals surface area (Å²) in [7, 11) is 3.67. The quantitative estimate of drug-likeness (QED) is 0.350. The van der Waals surface area contributed by atoms with Crippen molar-refractivity contribution in [2.75, 3.05) is 13.7 Å². The van der Waals surface area contributed by atoms with Gasteiger partial charge in [0.25, 0.3) is 0 Å². The number of fused-ring (bicyclic) bond motifs is 5. The van der Waals surface area contributed by atoms with Crippen LogP contribution in [0, 0.1) is 0 Å². The van der Waals surface area contributed by atoms with E-state index in [0.29, 0.717) is 12.2 Å². The number of aryl methyl sites for hydroxylation is 1. The molecule has 27 heavy (non-hydrogen) atoms. The highest BCUT2D eigenvalue weighted by Crippen LogP contribution is 2.40. The molecule has 0 atom stereocenters. The molecule has 0 amide bonds. The fourth-order valence-electron chi connectivity index (χ4n) is 3.83. The molecule has 0 aliphatic heterocycles. The molecule has 138 valence electrons. The summed E-state index contributed by atoms with van der Waals surface area (Å²) >= 11 is 0. The maximum atomic E-state index is 12.9. The summed E-state index contributed by atoms with van der Waals surface area (Å²) in [4.78, 5) is 12.9. The van der Waals surface area contributed by atoms with E-state index in [0.717, 1.165) is 51.2 Å². The topological polar surface area (TPSA) is 40.5 Å². The second kappa shape index (κ2) is 6.95. The number of rotatable bonds is 5. The second-order valence-electron chi connectivity index (χ2n) is 6.77. The van der Waals surface area contributed by atoms with Crippen molar-refractivity contribution >= 4 is 38.5 Å². The number of hydrogen-bond acceptors (Lipinski definition) is 3. The molecular weight excluding hydrogens is 338 g/mol. The summed E-state index contributed by atoms with van der Waals surface area (Å²) in [5.41, 5.74) is 2.56. The smallest absolute Gasteiger partial charge is 0.340 e. The lowest BCUT2D eigenvalue weighted by atomic mass is 9.99. The molecule has 0 fully saturated rings. The van der Waals surface area contributed by atoms with Gasteiger partial charge >= 0.3 is 5.97 Å². The lowest BCUT2D eigenvalue weighted by Gasteiger charge is -2.12. The molecule has 1 aromatic heterocycles. The molecule has 0 unspecified atom stereocenters. The number of nitrogens with zero attached hydrogens (tertiary/aromatic N) is 1. The zero-order valence-corrected chi connectivity index (χ0v) is 15.9. The SMILES string of the molecule is CCCCOC(=O)c1cc2cccc(OC)c2c2c3ccccc3n(C)c12. The molecule has 0 N–H and O–H groups in total. The molecule has 4 heteroatoms. The van der Waals surface area contributed by atoms with Gasteiger partial charge in [0, 0.05) is 28.7 Å². The Balaban J connectivity index is 2.11. The summed E-state index contributed by atoms with van der Waals surface area (Å²) in [6.45, 7) is 2.52. The number of esters is 1. The Morgan fingerprint density at radius 3 is 2.67 bits per heavy atom. The second-order valence-corrected chi connectivity index (χ2v) is 6.77. The van der Waals surface area contributed by atoms with Crippen LogP contribution in [-0.2, 0) is 11.8 Å². The van der Waals surface area contributed by atoms with Gasteiger partial charge in [0.15, 0.2) is 0 Å². The molecule has 4 aromatic rings. The van der Waals surface area contributed by atoms with E-state index in [4.69, 9.17) is 9.47 Å². The van der Waals surface area contributed by atoms with Crippen molar-refractivity contribution in [2.45, 2.75) is 19.8 Å². The van der Waals surface area contributed by atoms with Crippen LogP contribution in [0.5, 0.6) is 5.75 Å². The van der Waals surface area contributed by atoms with E-state index in [9.17, 15) is 4.79 Å². The Kier molecular flexibility index (Phi) is 4.48. The van der Waals surface area contributed by atoms with Crippen LogP contribution in [0.15, 0.2) is 48.5 Å². The van der Waals surface area contributed by atoms with Gasteiger partial charge in [0.1, 0.15) is 5.75 Å². The lowest BCUT2D eigenvalue weighted by molar-refractivity contribution is 0.0502. The molecule has 0 spiro atoms. The van der Waals surface area contributed by atoms with E-state index >= 15 is 0 Å². The van der Waals surface area contributed by atoms with Gasteiger partial charge in [-0.2, -0.15) is 0 Å². The third-order valence-corrected chi connectivity index (χ3v) is 5.14. The largest absolute Gasteiger partial charge is 0.496 e. The Morgan fingerprint density at radius 2 is 1.89 bits per heavy atom. The predicted octanol–water partition coefficient (Wildman–Crippen LogP) is 5.45. The summed E-state index contributed by atoms with van der Waals surface area (Å²) in [5.74, 6) is 0.531. The van der Waals surface area contributed by atoms with Crippen LogP contribution in [0.3, 0.4) is 0 Å². The Hall–Kier alpha value is -3.01. The van der Waals surface area contributed by atoms with Crippen molar-refractivity contribution in [3.05, 3.63) is 54.1 Å². The van der Waals surface area contributed by atoms with Crippen LogP contribution >= 0.6 is 0 Å². The van der Waals surface area contributed by atoms with Crippen LogP contribution in [0.25, 0.3) is 32.6 Å². The van der Waals surface area contributed by atoms with E-state index in [-0.39, 0.29) is 5.97 Å². The highest BCUT2D eigenvalue weighted by atomic mass is 16.5. The van der Waals surface area contributed by atoms with Crippen LogP contribution in [0.2, 0.25) is 0 Å². The van der Waals surface area contributed by atoms with Crippen molar-refractivity contribution in [1.82, 2.24) is 4.57 Å². The van der Waals surface area contributed by atoms with E-state index in [1.165, 1.54) is 0 Å². The molecule has 1 heterocycles. The van der Waals surface area contributed by atoms with Gasteiger partial charge in [-0.15, -0.1) is 0 Å². The number of benzene rings is 3. The first-order valence-corrected chi connectivity index (χ1v) is 9.31. The Labute approximate surface area is 158 Å². The van der Waals surface area contributed by atoms with Crippen LogP contribution in [0.1, 0.15) is 30.1 Å². The third kappa shape index (κ3) is 2.72. The molecule has 0 aliphatic carbocycles. The molecule has 0 saturated heterocycles. The Morgan fingerprint density at radius 1 is 1.07 bits per heavy atom. The maximum Gasteiger partial charge on any atom is 0.340 e. The number of aromatic nitrogens is 1. The molecule has 4 nitrogen and oxygen atoms in total. The lowest BCUT2D eigenvalue weighted by Crippen LogP contribution is -2.08. The number of para-hydroxylation sites is 1. The molecule has 0 bridgehead atoms. The van der Waals surface area contributed by atoms with Gasteiger partial charge in [0.2, 0.25) is 0 Å². The molecule has 0 radical (unpaired) electrons. The summed E-state index contributed by atoms with van der Waals surface area (Å²) in [5, 5.41) is 4.13. The fourth-order valence-corrected chi connectivity index (χ4v) is 3.83. The molecular formula is C23H23NO3. The summed E-state index contributed by atoms with van der Waals surface area (Å²) in [6.07, 6.45) is 1.86. The van der Waals surface area contributed by atoms with Gasteiger partial charge in [-0.1, -0.05) is 43.7 Å². The third-order valence-electron chi connectivity index (χ3n) is 5.14. The number of hydrogen-bond donors (Lipinski definition) is 0. The standard InChI is InChI=1S/C23H23NO3/c1-4-5-13-27-23(25)17-14-15-9-8-12-19(26-3)20(15)21-16-10-6-7-11-18(16)24(2)22(17)21/h6-12,14H,4-5,13H2,1-3H3. The van der Waals surface area contributed by atoms with Crippen molar-refractivity contribution in [1.29, 1.82) is 0 Å². The van der Waals surface area contributed by atoms with E-state index in [2.05, 4.69) is 23.6 Å². The Bertz CT molecular complexity index is 1160. The first-order valence-electron chi connectivity index (χ1n) is 9.31. The predicted molar refractivity (Wildman–Crippen MR) is 110 cm³/mol. The number of ether oxygens (including phenoxy) is 2. The number of unbranched alkanes of at least 4 members (excludes halogenated alkanes) is 1. The zero-order valence-electron chi connectivity index (χ0n) is 15.9. The monoisotopic (exact) mass is 361 g/mol. The van der Waals surface area contributed by atoms with Gasteiger partial charge < -0.3 is 14.0 Å².